The summed E-state index contributed by atoms with van der Waals surface area (Å²) in [5, 5.41) is 14.2. The molecular weight excluding hydrogens is 417 g/mol. The van der Waals surface area contributed by atoms with E-state index in [4.69, 9.17) is 34.8 Å². The Hall–Kier alpha value is -1.52. The lowest BCUT2D eigenvalue weighted by atomic mass is 10.2. The molecule has 0 N–H and O–H groups in total. The Labute approximate surface area is 167 Å². The van der Waals surface area contributed by atoms with Crippen LogP contribution >= 0.6 is 34.8 Å². The quantitative estimate of drug-likeness (QED) is 0.612. The van der Waals surface area contributed by atoms with Gasteiger partial charge in [0.15, 0.2) is 0 Å². The van der Waals surface area contributed by atoms with Gasteiger partial charge in [0, 0.05) is 17.1 Å². The van der Waals surface area contributed by atoms with E-state index in [9.17, 15) is 13.7 Å². The normalized spacial score (nSPS) is 12.5. The van der Waals surface area contributed by atoms with Crippen molar-refractivity contribution in [2.75, 3.05) is 0 Å². The summed E-state index contributed by atoms with van der Waals surface area (Å²) in [6, 6.07) is 5.76. The van der Waals surface area contributed by atoms with Crippen molar-refractivity contribution in [2.24, 2.45) is 5.92 Å². The standard InChI is InChI=1S/C17H16Cl3N3O2S/c1-10(2)9-23-17(20)14(11(3)22-23)7-13(8-21)26(24,25)16-6-12(18)4-5-15(16)19/h4-7,10H,9H2,1-3H3/b13-7+. The number of halogens is 3. The molecule has 0 bridgehead atoms. The maximum Gasteiger partial charge on any atom is 0.218 e. The number of rotatable bonds is 5. The van der Waals surface area contributed by atoms with Crippen LogP contribution in [0.15, 0.2) is 28.0 Å². The van der Waals surface area contributed by atoms with Crippen molar-refractivity contribution < 1.29 is 8.42 Å². The molecule has 9 heteroatoms. The molecule has 0 aliphatic heterocycles. The minimum atomic E-state index is -4.16. The summed E-state index contributed by atoms with van der Waals surface area (Å²) in [4.78, 5) is -0.724. The Morgan fingerprint density at radius 3 is 2.58 bits per heavy atom. The molecule has 2 rings (SSSR count). The number of aryl methyl sites for hydroxylation is 1. The lowest BCUT2D eigenvalue weighted by Gasteiger charge is -2.07. The number of allylic oxidation sites excluding steroid dienone is 1. The van der Waals surface area contributed by atoms with Gasteiger partial charge in [0.2, 0.25) is 9.84 Å². The van der Waals surface area contributed by atoms with Crippen molar-refractivity contribution in [3.8, 4) is 6.07 Å². The van der Waals surface area contributed by atoms with Gasteiger partial charge in [0.25, 0.3) is 0 Å². The van der Waals surface area contributed by atoms with Crippen LogP contribution < -0.4 is 0 Å². The van der Waals surface area contributed by atoms with Gasteiger partial charge in [-0.25, -0.2) is 8.42 Å². The lowest BCUT2D eigenvalue weighted by molar-refractivity contribution is 0.482. The summed E-state index contributed by atoms with van der Waals surface area (Å²) in [5.74, 6) is 0.299. The molecule has 0 spiro atoms. The highest BCUT2D eigenvalue weighted by atomic mass is 35.5. The number of benzene rings is 1. The van der Waals surface area contributed by atoms with Crippen LogP contribution in [0.2, 0.25) is 15.2 Å². The second kappa shape index (κ2) is 8.01. The van der Waals surface area contributed by atoms with Crippen molar-refractivity contribution >= 4 is 50.7 Å². The summed E-state index contributed by atoms with van der Waals surface area (Å²) >= 11 is 18.2. The van der Waals surface area contributed by atoms with Gasteiger partial charge in [0.1, 0.15) is 16.1 Å². The van der Waals surface area contributed by atoms with Crippen LogP contribution in [0.4, 0.5) is 0 Å². The zero-order chi connectivity index (χ0) is 19.6. The Morgan fingerprint density at radius 2 is 2.00 bits per heavy atom. The van der Waals surface area contributed by atoms with Gasteiger partial charge in [-0.05, 0) is 37.1 Å². The third kappa shape index (κ3) is 4.24. The fourth-order valence-electron chi connectivity index (χ4n) is 2.30. The first-order valence-corrected chi connectivity index (χ1v) is 10.2. The van der Waals surface area contributed by atoms with Gasteiger partial charge in [0.05, 0.1) is 15.6 Å². The largest absolute Gasteiger partial charge is 0.253 e. The highest BCUT2D eigenvalue weighted by Crippen LogP contribution is 2.32. The fourth-order valence-corrected chi connectivity index (χ4v) is 4.49. The summed E-state index contributed by atoms with van der Waals surface area (Å²) in [7, 11) is -4.16. The summed E-state index contributed by atoms with van der Waals surface area (Å²) in [6.45, 7) is 6.29. The second-order valence-electron chi connectivity index (χ2n) is 6.06. The van der Waals surface area contributed by atoms with Crippen molar-refractivity contribution in [3.05, 3.63) is 49.6 Å². The maximum atomic E-state index is 12.8. The van der Waals surface area contributed by atoms with Gasteiger partial charge in [-0.15, -0.1) is 0 Å². The van der Waals surface area contributed by atoms with Crippen LogP contribution in [0.25, 0.3) is 6.08 Å². The number of hydrogen-bond acceptors (Lipinski definition) is 4. The topological polar surface area (TPSA) is 75.8 Å². The average Bonchev–Trinajstić information content (AvgIpc) is 2.80. The first-order chi connectivity index (χ1) is 12.1. The molecule has 1 aromatic heterocycles. The predicted molar refractivity (Wildman–Crippen MR) is 104 cm³/mol. The Bertz CT molecular complexity index is 1020. The average molecular weight is 433 g/mol. The van der Waals surface area contributed by atoms with Gasteiger partial charge in [-0.2, -0.15) is 10.4 Å². The molecule has 1 heterocycles. The molecule has 0 amide bonds. The van der Waals surface area contributed by atoms with Gasteiger partial charge in [-0.1, -0.05) is 48.7 Å². The van der Waals surface area contributed by atoms with Crippen LogP contribution in [0.5, 0.6) is 0 Å². The van der Waals surface area contributed by atoms with Crippen LogP contribution in [0.3, 0.4) is 0 Å². The predicted octanol–water partition coefficient (Wildman–Crippen LogP) is 5.15. The molecule has 0 unspecified atom stereocenters. The smallest absolute Gasteiger partial charge is 0.218 e. The number of nitrogens with zero attached hydrogens (tertiary/aromatic N) is 3. The number of sulfone groups is 1. The van der Waals surface area contributed by atoms with Crippen molar-refractivity contribution in [2.45, 2.75) is 32.2 Å². The minimum Gasteiger partial charge on any atom is -0.253 e. The van der Waals surface area contributed by atoms with Crippen LogP contribution in [-0.4, -0.2) is 18.2 Å². The molecule has 0 aliphatic rings. The maximum absolute atomic E-state index is 12.8. The number of hydrogen-bond donors (Lipinski definition) is 0. The second-order valence-corrected chi connectivity index (χ2v) is 9.15. The van der Waals surface area contributed by atoms with Gasteiger partial charge >= 0.3 is 0 Å². The van der Waals surface area contributed by atoms with Crippen LogP contribution in [0.1, 0.15) is 25.1 Å². The van der Waals surface area contributed by atoms with E-state index >= 15 is 0 Å². The van der Waals surface area contributed by atoms with Gasteiger partial charge < -0.3 is 0 Å². The zero-order valence-corrected chi connectivity index (χ0v) is 17.4. The molecule has 138 valence electrons. The molecule has 0 atom stereocenters. The summed E-state index contributed by atoms with van der Waals surface area (Å²) in [5.41, 5.74) is 0.904. The van der Waals surface area contributed by atoms with E-state index in [0.29, 0.717) is 23.7 Å². The van der Waals surface area contributed by atoms with E-state index in [0.717, 1.165) is 0 Å². The van der Waals surface area contributed by atoms with E-state index < -0.39 is 14.7 Å². The molecule has 0 fully saturated rings. The summed E-state index contributed by atoms with van der Waals surface area (Å²) < 4.78 is 27.3. The Morgan fingerprint density at radius 1 is 1.35 bits per heavy atom. The molecule has 5 nitrogen and oxygen atoms in total. The zero-order valence-electron chi connectivity index (χ0n) is 14.3. The third-order valence-corrected chi connectivity index (χ3v) is 6.29. The van der Waals surface area contributed by atoms with Crippen LogP contribution in [0, 0.1) is 24.2 Å². The fraction of sp³-hybridized carbons (Fsp3) is 0.294. The molecule has 0 aliphatic carbocycles. The van der Waals surface area contributed by atoms with Crippen molar-refractivity contribution in [1.82, 2.24) is 9.78 Å². The molecule has 2 aromatic rings. The first kappa shape index (κ1) is 20.8. The van der Waals surface area contributed by atoms with Crippen molar-refractivity contribution in [3.63, 3.8) is 0 Å². The highest BCUT2D eigenvalue weighted by Gasteiger charge is 2.25. The third-order valence-electron chi connectivity index (χ3n) is 3.51. The Balaban J connectivity index is 2.60. The molecule has 0 saturated heterocycles. The minimum absolute atomic E-state index is 0.0196. The summed E-state index contributed by atoms with van der Waals surface area (Å²) in [6.07, 6.45) is 1.22. The monoisotopic (exact) mass is 431 g/mol. The van der Waals surface area contributed by atoms with E-state index in [2.05, 4.69) is 5.10 Å². The molecule has 26 heavy (non-hydrogen) atoms. The highest BCUT2D eigenvalue weighted by molar-refractivity contribution is 7.95. The van der Waals surface area contributed by atoms with Crippen LogP contribution in [-0.2, 0) is 16.4 Å². The molecule has 0 saturated carbocycles. The SMILES string of the molecule is Cc1nn(CC(C)C)c(Cl)c1/C=C(\C#N)S(=O)(=O)c1cc(Cl)ccc1Cl. The Kier molecular flexibility index (Phi) is 6.41. The van der Waals surface area contributed by atoms with Gasteiger partial charge in [-0.3, -0.25) is 4.68 Å². The number of aromatic nitrogens is 2. The molecule has 1 aromatic carbocycles. The van der Waals surface area contributed by atoms with E-state index in [1.54, 1.807) is 17.7 Å². The van der Waals surface area contributed by atoms with E-state index in [1.165, 1.54) is 24.3 Å². The van der Waals surface area contributed by atoms with E-state index in [-0.39, 0.29) is 20.1 Å². The molecular formula is C17H16Cl3N3O2S. The van der Waals surface area contributed by atoms with E-state index in [1.807, 2.05) is 13.8 Å². The number of nitriles is 1. The lowest BCUT2D eigenvalue weighted by Crippen LogP contribution is -2.06. The molecule has 0 radical (unpaired) electrons. The first-order valence-electron chi connectivity index (χ1n) is 7.62. The van der Waals surface area contributed by atoms with Crippen molar-refractivity contribution in [1.29, 1.82) is 5.26 Å².